The molecular formula is C18H19NO6. The van der Waals surface area contributed by atoms with Gasteiger partial charge in [0.1, 0.15) is 11.5 Å². The largest absolute Gasteiger partial charge is 0.467 e. The third-order valence-electron chi connectivity index (χ3n) is 3.16. The first-order valence-electron chi connectivity index (χ1n) is 7.43. The highest BCUT2D eigenvalue weighted by Gasteiger charge is 2.04. The highest BCUT2D eigenvalue weighted by Crippen LogP contribution is 2.25. The first-order chi connectivity index (χ1) is 12.1. The molecule has 0 aliphatic rings. The number of methoxy groups -OCH3 is 2. The van der Waals surface area contributed by atoms with Crippen LogP contribution in [0.1, 0.15) is 11.1 Å². The molecule has 0 fully saturated rings. The Morgan fingerprint density at radius 1 is 0.880 bits per heavy atom. The topological polar surface area (TPSA) is 80.1 Å². The van der Waals surface area contributed by atoms with Gasteiger partial charge < -0.3 is 18.9 Å². The number of nitro benzene ring substituents is 1. The van der Waals surface area contributed by atoms with Crippen LogP contribution in [0.25, 0.3) is 12.2 Å². The monoisotopic (exact) mass is 345 g/mol. The van der Waals surface area contributed by atoms with Crippen molar-refractivity contribution in [1.29, 1.82) is 0 Å². The molecule has 0 aliphatic heterocycles. The van der Waals surface area contributed by atoms with Gasteiger partial charge in [-0.05, 0) is 35.4 Å². The first kappa shape index (κ1) is 18.4. The fourth-order valence-corrected chi connectivity index (χ4v) is 2.01. The Morgan fingerprint density at radius 3 is 1.88 bits per heavy atom. The third kappa shape index (κ3) is 5.91. The van der Waals surface area contributed by atoms with Crippen LogP contribution in [0.4, 0.5) is 5.69 Å². The van der Waals surface area contributed by atoms with E-state index in [0.29, 0.717) is 11.5 Å². The van der Waals surface area contributed by atoms with Gasteiger partial charge >= 0.3 is 0 Å². The van der Waals surface area contributed by atoms with Gasteiger partial charge in [0.05, 0.1) is 4.92 Å². The molecule has 0 bridgehead atoms. The fraction of sp³-hybridized carbons (Fsp3) is 0.222. The van der Waals surface area contributed by atoms with E-state index in [2.05, 4.69) is 0 Å². The van der Waals surface area contributed by atoms with Crippen LogP contribution in [-0.2, 0) is 9.47 Å². The summed E-state index contributed by atoms with van der Waals surface area (Å²) in [7, 11) is 3.08. The van der Waals surface area contributed by atoms with Gasteiger partial charge in [0.25, 0.3) is 5.69 Å². The molecule has 0 amide bonds. The number of benzene rings is 2. The van der Waals surface area contributed by atoms with E-state index in [1.807, 2.05) is 24.3 Å². The standard InChI is InChI=1S/C18H19NO6/c1-22-12-24-17-9-15(10-18(11-17)25-13-23-2)4-3-14-5-7-16(8-6-14)19(20)21/h3-11H,12-13H2,1-2H3/b4-3+. The Balaban J connectivity index is 2.18. The van der Waals surface area contributed by atoms with Gasteiger partial charge in [-0.2, -0.15) is 0 Å². The number of nitro groups is 1. The molecule has 0 radical (unpaired) electrons. The summed E-state index contributed by atoms with van der Waals surface area (Å²) >= 11 is 0. The summed E-state index contributed by atoms with van der Waals surface area (Å²) in [5, 5.41) is 10.7. The van der Waals surface area contributed by atoms with Crippen LogP contribution in [0.2, 0.25) is 0 Å². The van der Waals surface area contributed by atoms with Gasteiger partial charge in [-0.25, -0.2) is 0 Å². The lowest BCUT2D eigenvalue weighted by Gasteiger charge is -2.10. The van der Waals surface area contributed by atoms with E-state index in [4.69, 9.17) is 18.9 Å². The van der Waals surface area contributed by atoms with Crippen LogP contribution in [0.3, 0.4) is 0 Å². The van der Waals surface area contributed by atoms with Gasteiger partial charge in [-0.1, -0.05) is 12.2 Å². The molecular weight excluding hydrogens is 326 g/mol. The highest BCUT2D eigenvalue weighted by atomic mass is 16.7. The highest BCUT2D eigenvalue weighted by molar-refractivity contribution is 5.71. The van der Waals surface area contributed by atoms with Crippen molar-refractivity contribution in [2.75, 3.05) is 27.8 Å². The number of rotatable bonds is 9. The molecule has 0 aliphatic carbocycles. The maximum absolute atomic E-state index is 10.7. The number of hydrogen-bond donors (Lipinski definition) is 0. The number of nitrogens with zero attached hydrogens (tertiary/aromatic N) is 1. The van der Waals surface area contributed by atoms with E-state index in [9.17, 15) is 10.1 Å². The van der Waals surface area contributed by atoms with Crippen LogP contribution in [0, 0.1) is 10.1 Å². The lowest BCUT2D eigenvalue weighted by atomic mass is 10.1. The molecule has 7 nitrogen and oxygen atoms in total. The van der Waals surface area contributed by atoms with Crippen molar-refractivity contribution >= 4 is 17.8 Å². The van der Waals surface area contributed by atoms with Crippen molar-refractivity contribution in [1.82, 2.24) is 0 Å². The minimum atomic E-state index is -0.427. The van der Waals surface area contributed by atoms with Gasteiger partial charge in [-0.15, -0.1) is 0 Å². The van der Waals surface area contributed by atoms with E-state index in [1.165, 1.54) is 12.1 Å². The quantitative estimate of drug-likeness (QED) is 0.298. The third-order valence-corrected chi connectivity index (χ3v) is 3.16. The zero-order valence-corrected chi connectivity index (χ0v) is 14.0. The molecule has 0 spiro atoms. The predicted octanol–water partition coefficient (Wildman–Crippen LogP) is 3.73. The summed E-state index contributed by atoms with van der Waals surface area (Å²) in [5.74, 6) is 1.19. The average Bonchev–Trinajstić information content (AvgIpc) is 2.63. The molecule has 0 N–H and O–H groups in total. The molecule has 25 heavy (non-hydrogen) atoms. The smallest absolute Gasteiger partial charge is 0.269 e. The summed E-state index contributed by atoms with van der Waals surface area (Å²) in [6.45, 7) is 0.248. The lowest BCUT2D eigenvalue weighted by molar-refractivity contribution is -0.384. The maximum Gasteiger partial charge on any atom is 0.269 e. The average molecular weight is 345 g/mol. The SMILES string of the molecule is COCOc1cc(/C=C/c2ccc([N+](=O)[O-])cc2)cc(OCOC)c1. The van der Waals surface area contributed by atoms with Crippen molar-refractivity contribution in [3.05, 3.63) is 63.7 Å². The molecule has 2 rings (SSSR count). The van der Waals surface area contributed by atoms with Crippen LogP contribution in [-0.4, -0.2) is 32.7 Å². The molecule has 0 atom stereocenters. The minimum Gasteiger partial charge on any atom is -0.467 e. The van der Waals surface area contributed by atoms with Crippen LogP contribution in [0.5, 0.6) is 11.5 Å². The van der Waals surface area contributed by atoms with E-state index in [0.717, 1.165) is 11.1 Å². The summed E-state index contributed by atoms with van der Waals surface area (Å²) in [4.78, 5) is 10.3. The number of non-ortho nitro benzene ring substituents is 1. The molecule has 2 aromatic carbocycles. The molecule has 0 saturated heterocycles. The molecule has 2 aromatic rings. The van der Waals surface area contributed by atoms with E-state index < -0.39 is 4.92 Å². The number of ether oxygens (including phenoxy) is 4. The normalized spacial score (nSPS) is 10.8. The molecule has 0 heterocycles. The summed E-state index contributed by atoms with van der Waals surface area (Å²) in [6.07, 6.45) is 3.71. The lowest BCUT2D eigenvalue weighted by Crippen LogP contribution is -2.02. The summed E-state index contributed by atoms with van der Waals surface area (Å²) in [5.41, 5.74) is 1.74. The van der Waals surface area contributed by atoms with Crippen LogP contribution >= 0.6 is 0 Å². The van der Waals surface area contributed by atoms with Crippen molar-refractivity contribution < 1.29 is 23.9 Å². The zero-order chi connectivity index (χ0) is 18.1. The summed E-state index contributed by atoms with van der Waals surface area (Å²) in [6, 6.07) is 11.7. The van der Waals surface area contributed by atoms with E-state index in [1.54, 1.807) is 32.4 Å². The van der Waals surface area contributed by atoms with E-state index >= 15 is 0 Å². The van der Waals surface area contributed by atoms with Gasteiger partial charge in [0, 0.05) is 32.4 Å². The Hall–Kier alpha value is -2.90. The van der Waals surface area contributed by atoms with Crippen LogP contribution in [0.15, 0.2) is 42.5 Å². The van der Waals surface area contributed by atoms with Crippen molar-refractivity contribution in [3.63, 3.8) is 0 Å². The maximum atomic E-state index is 10.7. The Bertz CT molecular complexity index is 701. The molecule has 0 saturated carbocycles. The second-order valence-corrected chi connectivity index (χ2v) is 5.02. The first-order valence-corrected chi connectivity index (χ1v) is 7.43. The van der Waals surface area contributed by atoms with E-state index in [-0.39, 0.29) is 19.3 Å². The van der Waals surface area contributed by atoms with Gasteiger partial charge in [-0.3, -0.25) is 10.1 Å². The number of hydrogen-bond acceptors (Lipinski definition) is 6. The van der Waals surface area contributed by atoms with Crippen molar-refractivity contribution in [2.24, 2.45) is 0 Å². The van der Waals surface area contributed by atoms with Gasteiger partial charge in [0.2, 0.25) is 0 Å². The zero-order valence-electron chi connectivity index (χ0n) is 14.0. The Kier molecular flexibility index (Phi) is 6.94. The van der Waals surface area contributed by atoms with Gasteiger partial charge in [0.15, 0.2) is 13.6 Å². The summed E-state index contributed by atoms with van der Waals surface area (Å²) < 4.78 is 20.7. The molecule has 0 unspecified atom stereocenters. The second kappa shape index (κ2) is 9.41. The van der Waals surface area contributed by atoms with Crippen LogP contribution < -0.4 is 9.47 Å². The molecule has 132 valence electrons. The Morgan fingerprint density at radius 2 is 1.40 bits per heavy atom. The Labute approximate surface area is 145 Å². The second-order valence-electron chi connectivity index (χ2n) is 5.02. The fourth-order valence-electron chi connectivity index (χ4n) is 2.01. The molecule has 7 heteroatoms. The van der Waals surface area contributed by atoms with Crippen molar-refractivity contribution in [2.45, 2.75) is 0 Å². The predicted molar refractivity (Wildman–Crippen MR) is 93.5 cm³/mol. The van der Waals surface area contributed by atoms with Crippen molar-refractivity contribution in [3.8, 4) is 11.5 Å². The minimum absolute atomic E-state index is 0.0577. The molecule has 0 aromatic heterocycles.